The number of benzene rings is 3. The average molecular weight is 507 g/mol. The minimum Gasteiger partial charge on any atom is -0.386 e. The van der Waals surface area contributed by atoms with E-state index in [9.17, 15) is 9.90 Å². The van der Waals surface area contributed by atoms with E-state index in [1.165, 1.54) is 5.56 Å². The van der Waals surface area contributed by atoms with Gasteiger partial charge in [0.15, 0.2) is 0 Å². The van der Waals surface area contributed by atoms with Crippen molar-refractivity contribution < 1.29 is 9.90 Å². The Morgan fingerprint density at radius 1 is 1.05 bits per heavy atom. The first kappa shape index (κ1) is 27.4. The molecule has 38 heavy (non-hydrogen) atoms. The molecule has 4 rings (SSSR count). The van der Waals surface area contributed by atoms with Gasteiger partial charge in [0.1, 0.15) is 0 Å². The molecule has 1 fully saturated rings. The highest BCUT2D eigenvalue weighted by Crippen LogP contribution is 2.47. The number of amides is 1. The topological polar surface area (TPSA) is 64.3 Å². The molecule has 1 amide bonds. The van der Waals surface area contributed by atoms with Gasteiger partial charge in [0.05, 0.1) is 29.2 Å². The Hall–Kier alpha value is -3.68. The minimum atomic E-state index is -0.765. The number of nitrogens with zero attached hydrogens (tertiary/aromatic N) is 2. The van der Waals surface area contributed by atoms with Crippen LogP contribution >= 0.6 is 0 Å². The van der Waals surface area contributed by atoms with Crippen LogP contribution in [0, 0.1) is 16.7 Å². The summed E-state index contributed by atoms with van der Waals surface area (Å²) in [5, 5.41) is 20.7. The normalized spacial score (nSPS) is 19.8. The zero-order valence-corrected chi connectivity index (χ0v) is 22.4. The summed E-state index contributed by atoms with van der Waals surface area (Å²) < 4.78 is 0. The Labute approximate surface area is 227 Å². The lowest BCUT2D eigenvalue weighted by Gasteiger charge is -2.29. The third-order valence-corrected chi connectivity index (χ3v) is 7.93. The maximum atomic E-state index is 13.9. The highest BCUT2D eigenvalue weighted by Gasteiger charge is 2.52. The van der Waals surface area contributed by atoms with E-state index in [0.29, 0.717) is 24.9 Å². The van der Waals surface area contributed by atoms with Gasteiger partial charge in [-0.1, -0.05) is 92.6 Å². The largest absolute Gasteiger partial charge is 0.386 e. The zero-order valence-electron chi connectivity index (χ0n) is 22.4. The number of hydrogen-bond acceptors (Lipinski definition) is 3. The van der Waals surface area contributed by atoms with Crippen molar-refractivity contribution in [3.05, 3.63) is 108 Å². The maximum Gasteiger partial charge on any atom is 0.229 e. The van der Waals surface area contributed by atoms with Crippen molar-refractivity contribution in [2.24, 2.45) is 5.41 Å². The smallest absolute Gasteiger partial charge is 0.229 e. The van der Waals surface area contributed by atoms with E-state index in [-0.39, 0.29) is 11.9 Å². The van der Waals surface area contributed by atoms with Gasteiger partial charge in [-0.15, -0.1) is 6.58 Å². The molecule has 0 spiro atoms. The van der Waals surface area contributed by atoms with Crippen LogP contribution in [0.2, 0.25) is 0 Å². The van der Waals surface area contributed by atoms with E-state index < -0.39 is 11.5 Å². The number of aliphatic hydroxyl groups is 1. The van der Waals surface area contributed by atoms with Crippen molar-refractivity contribution in [2.45, 2.75) is 64.0 Å². The first-order chi connectivity index (χ1) is 18.5. The van der Waals surface area contributed by atoms with E-state index in [2.05, 4.69) is 31.7 Å². The third-order valence-electron chi connectivity index (χ3n) is 7.93. The molecule has 4 heteroatoms. The van der Waals surface area contributed by atoms with Crippen LogP contribution in [0.5, 0.6) is 0 Å². The number of allylic oxidation sites excluding steroid dienone is 1. The fourth-order valence-corrected chi connectivity index (χ4v) is 5.81. The quantitative estimate of drug-likeness (QED) is 0.263. The fourth-order valence-electron chi connectivity index (χ4n) is 5.81. The van der Waals surface area contributed by atoms with Crippen LogP contribution in [0.25, 0.3) is 11.1 Å². The molecule has 3 aromatic rings. The van der Waals surface area contributed by atoms with Crippen LogP contribution < -0.4 is 0 Å². The molecule has 3 atom stereocenters. The van der Waals surface area contributed by atoms with Gasteiger partial charge in [-0.2, -0.15) is 5.26 Å². The first-order valence-corrected chi connectivity index (χ1v) is 13.8. The summed E-state index contributed by atoms with van der Waals surface area (Å²) >= 11 is 0. The highest BCUT2D eigenvalue weighted by molar-refractivity contribution is 5.86. The minimum absolute atomic E-state index is 0.164. The van der Waals surface area contributed by atoms with Crippen molar-refractivity contribution in [1.29, 1.82) is 5.26 Å². The number of rotatable bonds is 12. The summed E-state index contributed by atoms with van der Waals surface area (Å²) in [6, 6.07) is 27.7. The lowest BCUT2D eigenvalue weighted by Crippen LogP contribution is -2.40. The number of aliphatic hydroxyl groups excluding tert-OH is 1. The number of hydrogen-bond donors (Lipinski definition) is 1. The molecule has 0 aromatic heterocycles. The van der Waals surface area contributed by atoms with Crippen molar-refractivity contribution in [1.82, 2.24) is 4.90 Å². The van der Waals surface area contributed by atoms with E-state index in [0.717, 1.165) is 48.8 Å². The van der Waals surface area contributed by atoms with Crippen LogP contribution in [-0.4, -0.2) is 28.5 Å². The molecule has 1 unspecified atom stereocenters. The van der Waals surface area contributed by atoms with Gasteiger partial charge in [0.2, 0.25) is 5.91 Å². The summed E-state index contributed by atoms with van der Waals surface area (Å²) in [5.74, 6) is 0.164. The van der Waals surface area contributed by atoms with Gasteiger partial charge in [0, 0.05) is 6.54 Å². The van der Waals surface area contributed by atoms with E-state index in [1.807, 2.05) is 77.7 Å². The number of carbonyl (C=O) groups excluding carboxylic acids is 1. The number of likely N-dealkylation sites (tertiary alicyclic amines) is 1. The molecule has 1 aliphatic heterocycles. The predicted octanol–water partition coefficient (Wildman–Crippen LogP) is 7.25. The summed E-state index contributed by atoms with van der Waals surface area (Å²) in [6.07, 6.45) is 6.98. The van der Waals surface area contributed by atoms with Gasteiger partial charge < -0.3 is 10.0 Å². The summed E-state index contributed by atoms with van der Waals surface area (Å²) in [6.45, 7) is 6.75. The van der Waals surface area contributed by atoms with E-state index >= 15 is 0 Å². The Bertz CT molecular complexity index is 1240. The van der Waals surface area contributed by atoms with Crippen molar-refractivity contribution in [3.63, 3.8) is 0 Å². The number of nitriles is 1. The Kier molecular flexibility index (Phi) is 9.15. The second kappa shape index (κ2) is 12.7. The van der Waals surface area contributed by atoms with Crippen LogP contribution in [0.1, 0.15) is 68.2 Å². The molecule has 0 radical (unpaired) electrons. The van der Waals surface area contributed by atoms with Gasteiger partial charge in [0.25, 0.3) is 0 Å². The second-order valence-corrected chi connectivity index (χ2v) is 10.5. The molecule has 0 bridgehead atoms. The molecule has 1 saturated heterocycles. The van der Waals surface area contributed by atoms with E-state index in [1.54, 1.807) is 0 Å². The first-order valence-electron chi connectivity index (χ1n) is 13.8. The Morgan fingerprint density at radius 2 is 1.71 bits per heavy atom. The molecular formula is C34H38N2O2. The van der Waals surface area contributed by atoms with Gasteiger partial charge in [-0.3, -0.25) is 4.79 Å². The number of aryl methyl sites for hydroxylation is 1. The van der Waals surface area contributed by atoms with Gasteiger partial charge in [-0.05, 0) is 66.5 Å². The summed E-state index contributed by atoms with van der Waals surface area (Å²) in [7, 11) is 0. The van der Waals surface area contributed by atoms with Crippen molar-refractivity contribution in [2.75, 3.05) is 6.54 Å². The summed E-state index contributed by atoms with van der Waals surface area (Å²) in [4.78, 5) is 15.9. The Balaban J connectivity index is 1.56. The van der Waals surface area contributed by atoms with Crippen LogP contribution in [0.15, 0.2) is 91.5 Å². The second-order valence-electron chi connectivity index (χ2n) is 10.5. The van der Waals surface area contributed by atoms with Crippen LogP contribution in [0.3, 0.4) is 0 Å². The van der Waals surface area contributed by atoms with Crippen molar-refractivity contribution >= 4 is 5.91 Å². The maximum absolute atomic E-state index is 13.9. The molecule has 3 aromatic carbocycles. The summed E-state index contributed by atoms with van der Waals surface area (Å²) in [5.41, 5.74) is 4.27. The molecule has 196 valence electrons. The molecule has 4 nitrogen and oxygen atoms in total. The SMILES string of the molecule is C=CC[C@]1(CCCC)C[C@@H](C(O)c2ccc(-c3ccc(C#N)cc3)cc2)N(CCCc2ccccc2)C1=O. The molecule has 0 saturated carbocycles. The number of carbonyl (C=O) groups is 1. The fraction of sp³-hybridized carbons (Fsp3) is 0.353. The predicted molar refractivity (Wildman–Crippen MR) is 153 cm³/mol. The molecule has 1 N–H and O–H groups in total. The Morgan fingerprint density at radius 3 is 2.32 bits per heavy atom. The highest BCUT2D eigenvalue weighted by atomic mass is 16.3. The molecule has 1 aliphatic rings. The van der Waals surface area contributed by atoms with Gasteiger partial charge in [-0.25, -0.2) is 0 Å². The van der Waals surface area contributed by atoms with Crippen LogP contribution in [0.4, 0.5) is 0 Å². The number of unbranched alkanes of at least 4 members (excludes halogenated alkanes) is 1. The van der Waals surface area contributed by atoms with Crippen molar-refractivity contribution in [3.8, 4) is 17.2 Å². The monoisotopic (exact) mass is 506 g/mol. The van der Waals surface area contributed by atoms with Crippen LogP contribution in [-0.2, 0) is 11.2 Å². The third kappa shape index (κ3) is 6.06. The molecule has 1 heterocycles. The lowest BCUT2D eigenvalue weighted by molar-refractivity contribution is -0.138. The molecule has 0 aliphatic carbocycles. The molecular weight excluding hydrogens is 468 g/mol. The zero-order chi connectivity index (χ0) is 27.0. The lowest BCUT2D eigenvalue weighted by atomic mass is 9.76. The standard InChI is InChI=1S/C34H38N2O2/c1-3-5-22-34(21-4-2)24-31(36(33(34)38)23-9-12-26-10-7-6-8-11-26)32(37)30-19-17-29(18-20-30)28-15-13-27(25-35)14-16-28/h4,6-8,10-11,13-20,31-32,37H,2-3,5,9,12,21-24H2,1H3/t31-,32?,34-/m0/s1. The van der Waals surface area contributed by atoms with E-state index in [4.69, 9.17) is 5.26 Å². The average Bonchev–Trinajstić information content (AvgIpc) is 3.23. The van der Waals surface area contributed by atoms with Gasteiger partial charge >= 0.3 is 0 Å².